The van der Waals surface area contributed by atoms with E-state index in [2.05, 4.69) is 15.5 Å². The number of halogens is 1. The Labute approximate surface area is 134 Å². The van der Waals surface area contributed by atoms with E-state index in [1.807, 2.05) is 12.1 Å². The number of nitrogens with one attached hydrogen (secondary N) is 2. The van der Waals surface area contributed by atoms with Crippen molar-refractivity contribution in [2.45, 2.75) is 44.2 Å². The van der Waals surface area contributed by atoms with Gasteiger partial charge in [0.1, 0.15) is 0 Å². The molecule has 6 heteroatoms. The highest BCUT2D eigenvalue weighted by atomic mass is 35.5. The van der Waals surface area contributed by atoms with Crippen molar-refractivity contribution in [2.24, 2.45) is 0 Å². The minimum atomic E-state index is -0.0323. The number of nitrogens with zero attached hydrogens (tertiary/aromatic N) is 1. The van der Waals surface area contributed by atoms with Crippen molar-refractivity contribution < 1.29 is 4.79 Å². The van der Waals surface area contributed by atoms with Crippen LogP contribution in [0.5, 0.6) is 0 Å². The standard InChI is InChI=1S/C15H22ClN3OS/c16-14-5-4-11(21-14)6-8-17-15(20)18-12-7-10-19-9-2-1-3-13(12)19/h4-5,12-13H,1-3,6-10H2,(H2,17,18,20). The minimum Gasteiger partial charge on any atom is -0.338 e. The lowest BCUT2D eigenvalue weighted by molar-refractivity contribution is 0.179. The number of urea groups is 1. The molecule has 2 unspecified atom stereocenters. The number of amides is 2. The zero-order valence-electron chi connectivity index (χ0n) is 12.1. The Morgan fingerprint density at radius 2 is 2.24 bits per heavy atom. The summed E-state index contributed by atoms with van der Waals surface area (Å²) in [6.45, 7) is 2.98. The van der Waals surface area contributed by atoms with Gasteiger partial charge in [-0.1, -0.05) is 18.0 Å². The number of thiophene rings is 1. The first-order valence-electron chi connectivity index (χ1n) is 7.75. The molecular weight excluding hydrogens is 306 g/mol. The zero-order valence-corrected chi connectivity index (χ0v) is 13.7. The lowest BCUT2D eigenvalue weighted by Crippen LogP contribution is -2.49. The number of hydrogen-bond donors (Lipinski definition) is 2. The Morgan fingerprint density at radius 3 is 3.05 bits per heavy atom. The Balaban J connectivity index is 1.40. The number of carbonyl (C=O) groups excluding carboxylic acids is 1. The minimum absolute atomic E-state index is 0.0323. The summed E-state index contributed by atoms with van der Waals surface area (Å²) in [6.07, 6.45) is 5.74. The second-order valence-electron chi connectivity index (χ2n) is 5.85. The van der Waals surface area contributed by atoms with Gasteiger partial charge in [0.2, 0.25) is 0 Å². The van der Waals surface area contributed by atoms with E-state index in [1.54, 1.807) is 11.3 Å². The van der Waals surface area contributed by atoms with Crippen molar-refractivity contribution in [3.8, 4) is 0 Å². The second kappa shape index (κ2) is 6.99. The lowest BCUT2D eigenvalue weighted by atomic mass is 9.99. The van der Waals surface area contributed by atoms with Gasteiger partial charge < -0.3 is 10.6 Å². The largest absolute Gasteiger partial charge is 0.338 e. The summed E-state index contributed by atoms with van der Waals surface area (Å²) >= 11 is 7.47. The molecule has 21 heavy (non-hydrogen) atoms. The molecule has 0 aliphatic carbocycles. The van der Waals surface area contributed by atoms with Gasteiger partial charge in [-0.2, -0.15) is 0 Å². The van der Waals surface area contributed by atoms with Crippen LogP contribution in [0.3, 0.4) is 0 Å². The summed E-state index contributed by atoms with van der Waals surface area (Å²) in [5, 5.41) is 6.11. The number of carbonyl (C=O) groups is 1. The molecule has 0 saturated carbocycles. The maximum Gasteiger partial charge on any atom is 0.315 e. The molecule has 4 nitrogen and oxygen atoms in total. The van der Waals surface area contributed by atoms with E-state index in [0.29, 0.717) is 18.6 Å². The van der Waals surface area contributed by atoms with Gasteiger partial charge in [0, 0.05) is 30.1 Å². The van der Waals surface area contributed by atoms with Crippen molar-refractivity contribution in [1.82, 2.24) is 15.5 Å². The maximum atomic E-state index is 12.0. The molecule has 0 bridgehead atoms. The van der Waals surface area contributed by atoms with Crippen LogP contribution in [0.15, 0.2) is 12.1 Å². The molecule has 116 valence electrons. The molecule has 0 aromatic carbocycles. The Hall–Kier alpha value is -0.780. The number of piperidine rings is 1. The number of hydrogen-bond acceptors (Lipinski definition) is 3. The van der Waals surface area contributed by atoms with Crippen LogP contribution in [0.25, 0.3) is 0 Å². The van der Waals surface area contributed by atoms with Crippen LogP contribution in [0, 0.1) is 0 Å². The molecule has 2 aliphatic heterocycles. The summed E-state index contributed by atoms with van der Waals surface area (Å²) in [7, 11) is 0. The van der Waals surface area contributed by atoms with Gasteiger partial charge in [0.25, 0.3) is 0 Å². The quantitative estimate of drug-likeness (QED) is 0.893. The molecule has 2 atom stereocenters. The molecule has 0 radical (unpaired) electrons. The highest BCUT2D eigenvalue weighted by molar-refractivity contribution is 7.16. The molecule has 2 aliphatic rings. The van der Waals surface area contributed by atoms with Gasteiger partial charge in [0.05, 0.1) is 4.34 Å². The highest BCUT2D eigenvalue weighted by Crippen LogP contribution is 2.27. The summed E-state index contributed by atoms with van der Waals surface area (Å²) in [4.78, 5) is 15.7. The van der Waals surface area contributed by atoms with Gasteiger partial charge in [-0.25, -0.2) is 4.79 Å². The van der Waals surface area contributed by atoms with E-state index in [9.17, 15) is 4.79 Å². The molecule has 1 aromatic heterocycles. The molecule has 2 amide bonds. The first-order valence-corrected chi connectivity index (χ1v) is 8.94. The molecule has 3 rings (SSSR count). The Kier molecular flexibility index (Phi) is 5.03. The van der Waals surface area contributed by atoms with Crippen molar-refractivity contribution in [3.63, 3.8) is 0 Å². The predicted molar refractivity (Wildman–Crippen MR) is 87.2 cm³/mol. The number of fused-ring (bicyclic) bond motifs is 1. The molecule has 2 N–H and O–H groups in total. The lowest BCUT2D eigenvalue weighted by Gasteiger charge is -2.32. The monoisotopic (exact) mass is 327 g/mol. The van der Waals surface area contributed by atoms with Crippen LogP contribution in [0.4, 0.5) is 4.79 Å². The Morgan fingerprint density at radius 1 is 1.33 bits per heavy atom. The fraction of sp³-hybridized carbons (Fsp3) is 0.667. The highest BCUT2D eigenvalue weighted by Gasteiger charge is 2.36. The zero-order chi connectivity index (χ0) is 14.7. The third-order valence-electron chi connectivity index (χ3n) is 4.46. The van der Waals surface area contributed by atoms with Crippen LogP contribution in [-0.4, -0.2) is 42.6 Å². The summed E-state index contributed by atoms with van der Waals surface area (Å²) in [5.74, 6) is 0. The summed E-state index contributed by atoms with van der Waals surface area (Å²) < 4.78 is 0.804. The molecular formula is C15H22ClN3OS. The van der Waals surface area contributed by atoms with Crippen LogP contribution in [0.1, 0.15) is 30.6 Å². The maximum absolute atomic E-state index is 12.0. The summed E-state index contributed by atoms with van der Waals surface area (Å²) in [6, 6.07) is 4.76. The van der Waals surface area contributed by atoms with E-state index in [1.165, 1.54) is 30.7 Å². The van der Waals surface area contributed by atoms with Gasteiger partial charge in [-0.15, -0.1) is 11.3 Å². The van der Waals surface area contributed by atoms with Crippen molar-refractivity contribution in [2.75, 3.05) is 19.6 Å². The fourth-order valence-corrected chi connectivity index (χ4v) is 4.51. The van der Waals surface area contributed by atoms with Gasteiger partial charge in [0.15, 0.2) is 0 Å². The normalized spacial score (nSPS) is 25.6. The van der Waals surface area contributed by atoms with Crippen LogP contribution in [0.2, 0.25) is 4.34 Å². The van der Waals surface area contributed by atoms with Crippen LogP contribution in [-0.2, 0) is 6.42 Å². The van der Waals surface area contributed by atoms with Crippen LogP contribution < -0.4 is 10.6 Å². The first-order chi connectivity index (χ1) is 10.2. The third-order valence-corrected chi connectivity index (χ3v) is 5.75. The van der Waals surface area contributed by atoms with Crippen LogP contribution >= 0.6 is 22.9 Å². The van der Waals surface area contributed by atoms with E-state index in [4.69, 9.17) is 11.6 Å². The molecule has 0 spiro atoms. The van der Waals surface area contributed by atoms with E-state index >= 15 is 0 Å². The van der Waals surface area contributed by atoms with E-state index < -0.39 is 0 Å². The van der Waals surface area contributed by atoms with Gasteiger partial charge in [-0.05, 0) is 44.4 Å². The van der Waals surface area contributed by atoms with E-state index in [0.717, 1.165) is 23.7 Å². The molecule has 2 fully saturated rings. The number of rotatable bonds is 4. The fourth-order valence-electron chi connectivity index (χ4n) is 3.42. The first kappa shape index (κ1) is 15.1. The summed E-state index contributed by atoms with van der Waals surface area (Å²) in [5.41, 5.74) is 0. The average Bonchev–Trinajstić information content (AvgIpc) is 3.06. The van der Waals surface area contributed by atoms with Crippen molar-refractivity contribution in [3.05, 3.63) is 21.3 Å². The molecule has 2 saturated heterocycles. The van der Waals surface area contributed by atoms with Crippen molar-refractivity contribution >= 4 is 29.0 Å². The smallest absolute Gasteiger partial charge is 0.315 e. The average molecular weight is 328 g/mol. The van der Waals surface area contributed by atoms with Gasteiger partial charge in [-0.3, -0.25) is 4.90 Å². The van der Waals surface area contributed by atoms with Crippen molar-refractivity contribution in [1.29, 1.82) is 0 Å². The predicted octanol–water partition coefficient (Wildman–Crippen LogP) is 2.87. The Bertz CT molecular complexity index is 493. The molecule has 1 aromatic rings. The second-order valence-corrected chi connectivity index (χ2v) is 7.65. The SMILES string of the molecule is O=C(NCCc1ccc(Cl)s1)NC1CCN2CCCCC12. The topological polar surface area (TPSA) is 44.4 Å². The van der Waals surface area contributed by atoms with Gasteiger partial charge >= 0.3 is 6.03 Å². The molecule has 3 heterocycles. The third kappa shape index (κ3) is 3.90. The van der Waals surface area contributed by atoms with E-state index in [-0.39, 0.29) is 6.03 Å².